The van der Waals surface area contributed by atoms with Crippen molar-refractivity contribution in [2.75, 3.05) is 0 Å². The molecule has 2 aromatic rings. The second kappa shape index (κ2) is 4.57. The van der Waals surface area contributed by atoms with Gasteiger partial charge in [0.05, 0.1) is 5.69 Å². The van der Waals surface area contributed by atoms with Crippen LogP contribution in [0.25, 0.3) is 5.69 Å². The van der Waals surface area contributed by atoms with Gasteiger partial charge in [0.15, 0.2) is 0 Å². The van der Waals surface area contributed by atoms with Gasteiger partial charge in [-0.25, -0.2) is 9.07 Å². The third-order valence-electron chi connectivity index (χ3n) is 2.49. The molecule has 4 heteroatoms. The molecule has 0 saturated heterocycles. The third kappa shape index (κ3) is 2.64. The monoisotopic (exact) mass is 234 g/mol. The summed E-state index contributed by atoms with van der Waals surface area (Å²) in [5.41, 5.74) is 1.42. The number of rotatable bonds is 3. The maximum absolute atomic E-state index is 12.8. The molecule has 1 N–H and O–H groups in total. The predicted octanol–water partition coefficient (Wildman–Crippen LogP) is 2.50. The fourth-order valence-corrected chi connectivity index (χ4v) is 1.77. The maximum atomic E-state index is 12.8. The largest absolute Gasteiger partial charge is 0.295 e. The minimum atomic E-state index is -0.309. The molecule has 0 atom stereocenters. The summed E-state index contributed by atoms with van der Waals surface area (Å²) in [6.07, 6.45) is 0.823. The van der Waals surface area contributed by atoms with Gasteiger partial charge in [-0.05, 0) is 36.6 Å². The molecule has 1 aromatic heterocycles. The van der Waals surface area contributed by atoms with Crippen LogP contribution >= 0.6 is 0 Å². The van der Waals surface area contributed by atoms with Crippen molar-refractivity contribution in [2.45, 2.75) is 20.3 Å². The van der Waals surface area contributed by atoms with Gasteiger partial charge in [-0.1, -0.05) is 13.8 Å². The van der Waals surface area contributed by atoms with Crippen molar-refractivity contribution in [3.63, 3.8) is 0 Å². The van der Waals surface area contributed by atoms with Gasteiger partial charge in [0.2, 0.25) is 0 Å². The van der Waals surface area contributed by atoms with Gasteiger partial charge in [0, 0.05) is 11.8 Å². The zero-order chi connectivity index (χ0) is 12.4. The summed E-state index contributed by atoms with van der Waals surface area (Å²) in [6.45, 7) is 4.18. The molecule has 0 radical (unpaired) electrons. The van der Waals surface area contributed by atoms with E-state index in [9.17, 15) is 9.18 Å². The molecular weight excluding hydrogens is 219 g/mol. The molecule has 0 amide bonds. The number of aromatic nitrogens is 2. The van der Waals surface area contributed by atoms with Crippen molar-refractivity contribution in [2.24, 2.45) is 5.92 Å². The predicted molar refractivity (Wildman–Crippen MR) is 64.9 cm³/mol. The first-order valence-corrected chi connectivity index (χ1v) is 5.63. The quantitative estimate of drug-likeness (QED) is 0.870. The van der Waals surface area contributed by atoms with Gasteiger partial charge in [-0.3, -0.25) is 9.89 Å². The molecule has 17 heavy (non-hydrogen) atoms. The van der Waals surface area contributed by atoms with E-state index < -0.39 is 0 Å². The number of nitrogens with zero attached hydrogens (tertiary/aromatic N) is 1. The van der Waals surface area contributed by atoms with Crippen molar-refractivity contribution in [1.82, 2.24) is 9.78 Å². The first-order valence-electron chi connectivity index (χ1n) is 5.63. The zero-order valence-electron chi connectivity index (χ0n) is 9.90. The lowest BCUT2D eigenvalue weighted by Crippen LogP contribution is -2.13. The Hall–Kier alpha value is -1.84. The van der Waals surface area contributed by atoms with Gasteiger partial charge in [0.1, 0.15) is 5.82 Å². The topological polar surface area (TPSA) is 37.8 Å². The number of halogens is 1. The number of H-pyrrole nitrogens is 1. The Bertz CT molecular complexity index is 552. The highest BCUT2D eigenvalue weighted by atomic mass is 19.1. The van der Waals surface area contributed by atoms with Crippen LogP contribution in [0.15, 0.2) is 35.1 Å². The average Bonchev–Trinajstić information content (AvgIpc) is 2.59. The second-order valence-electron chi connectivity index (χ2n) is 4.53. The Balaban J connectivity index is 2.36. The summed E-state index contributed by atoms with van der Waals surface area (Å²) in [5, 5.41) is 3.03. The second-order valence-corrected chi connectivity index (χ2v) is 4.53. The highest BCUT2D eigenvalue weighted by Gasteiger charge is 2.06. The van der Waals surface area contributed by atoms with E-state index in [1.54, 1.807) is 18.2 Å². The highest BCUT2D eigenvalue weighted by Crippen LogP contribution is 2.08. The van der Waals surface area contributed by atoms with Crippen molar-refractivity contribution in [3.05, 3.63) is 52.2 Å². The zero-order valence-corrected chi connectivity index (χ0v) is 9.90. The number of benzene rings is 1. The van der Waals surface area contributed by atoms with Crippen LogP contribution in [0.4, 0.5) is 4.39 Å². The summed E-state index contributed by atoms with van der Waals surface area (Å²) in [5.74, 6) is 0.172. The Morgan fingerprint density at radius 1 is 1.29 bits per heavy atom. The fourth-order valence-electron chi connectivity index (χ4n) is 1.77. The minimum absolute atomic E-state index is 0.118. The lowest BCUT2D eigenvalue weighted by molar-refractivity contribution is 0.623. The van der Waals surface area contributed by atoms with E-state index in [1.165, 1.54) is 16.8 Å². The van der Waals surface area contributed by atoms with Gasteiger partial charge < -0.3 is 0 Å². The first-order chi connectivity index (χ1) is 8.06. The van der Waals surface area contributed by atoms with Crippen LogP contribution < -0.4 is 5.56 Å². The summed E-state index contributed by atoms with van der Waals surface area (Å²) >= 11 is 0. The molecule has 1 aromatic carbocycles. The fraction of sp³-hybridized carbons (Fsp3) is 0.308. The molecule has 90 valence electrons. The van der Waals surface area contributed by atoms with E-state index in [2.05, 4.69) is 18.9 Å². The van der Waals surface area contributed by atoms with Crippen LogP contribution in [0.5, 0.6) is 0 Å². The Morgan fingerprint density at radius 3 is 2.53 bits per heavy atom. The molecule has 0 aliphatic rings. The average molecular weight is 234 g/mol. The van der Waals surface area contributed by atoms with E-state index in [0.717, 1.165) is 12.1 Å². The lowest BCUT2D eigenvalue weighted by atomic mass is 10.1. The Morgan fingerprint density at radius 2 is 1.94 bits per heavy atom. The van der Waals surface area contributed by atoms with Gasteiger partial charge in [-0.15, -0.1) is 0 Å². The Labute approximate surface area is 98.9 Å². The van der Waals surface area contributed by atoms with Crippen molar-refractivity contribution in [1.29, 1.82) is 0 Å². The van der Waals surface area contributed by atoms with E-state index >= 15 is 0 Å². The third-order valence-corrected chi connectivity index (χ3v) is 2.49. The van der Waals surface area contributed by atoms with Gasteiger partial charge in [-0.2, -0.15) is 0 Å². The summed E-state index contributed by atoms with van der Waals surface area (Å²) in [7, 11) is 0. The van der Waals surface area contributed by atoms with Crippen molar-refractivity contribution >= 4 is 0 Å². The molecule has 0 saturated carbocycles. The van der Waals surface area contributed by atoms with Crippen molar-refractivity contribution in [3.8, 4) is 5.69 Å². The van der Waals surface area contributed by atoms with Crippen LogP contribution in [0.1, 0.15) is 19.5 Å². The molecule has 0 aliphatic heterocycles. The summed E-state index contributed by atoms with van der Waals surface area (Å²) < 4.78 is 14.2. The van der Waals surface area contributed by atoms with Crippen molar-refractivity contribution < 1.29 is 4.39 Å². The van der Waals surface area contributed by atoms with E-state index in [1.807, 2.05) is 0 Å². The lowest BCUT2D eigenvalue weighted by Gasteiger charge is -2.03. The van der Waals surface area contributed by atoms with Crippen LogP contribution in [-0.2, 0) is 6.42 Å². The summed E-state index contributed by atoms with van der Waals surface area (Å²) in [4.78, 5) is 11.7. The first kappa shape index (κ1) is 11.6. The maximum Gasteiger partial charge on any atom is 0.271 e. The van der Waals surface area contributed by atoms with Crippen LogP contribution in [0, 0.1) is 11.7 Å². The molecule has 2 rings (SSSR count). The highest BCUT2D eigenvalue weighted by molar-refractivity contribution is 5.31. The van der Waals surface area contributed by atoms with Crippen LogP contribution in [0.2, 0.25) is 0 Å². The van der Waals surface area contributed by atoms with E-state index in [0.29, 0.717) is 11.6 Å². The van der Waals surface area contributed by atoms with Gasteiger partial charge in [0.25, 0.3) is 5.56 Å². The van der Waals surface area contributed by atoms with E-state index in [-0.39, 0.29) is 11.4 Å². The Kier molecular flexibility index (Phi) is 3.13. The molecule has 0 bridgehead atoms. The SMILES string of the molecule is CC(C)Cc1cc(=O)n(-c2ccc(F)cc2)[nH]1. The number of hydrogen-bond donors (Lipinski definition) is 1. The minimum Gasteiger partial charge on any atom is -0.295 e. The normalized spacial score (nSPS) is 11.1. The molecule has 0 unspecified atom stereocenters. The molecular formula is C13H15FN2O. The standard InChI is InChI=1S/C13H15FN2O/c1-9(2)7-11-8-13(17)16(15-11)12-5-3-10(14)4-6-12/h3-6,8-9,15H,7H2,1-2H3. The smallest absolute Gasteiger partial charge is 0.271 e. The number of aromatic amines is 1. The summed E-state index contributed by atoms with van der Waals surface area (Å²) in [6, 6.07) is 7.41. The molecule has 0 spiro atoms. The van der Waals surface area contributed by atoms with Gasteiger partial charge >= 0.3 is 0 Å². The number of nitrogens with one attached hydrogen (secondary N) is 1. The molecule has 1 heterocycles. The van der Waals surface area contributed by atoms with E-state index in [4.69, 9.17) is 0 Å². The van der Waals surface area contributed by atoms with Crippen LogP contribution in [0.3, 0.4) is 0 Å². The molecule has 0 fully saturated rings. The molecule has 3 nitrogen and oxygen atoms in total. The van der Waals surface area contributed by atoms with Crippen LogP contribution in [-0.4, -0.2) is 9.78 Å². The number of hydrogen-bond acceptors (Lipinski definition) is 1. The molecule has 0 aliphatic carbocycles.